The summed E-state index contributed by atoms with van der Waals surface area (Å²) in [7, 11) is 0. The van der Waals surface area contributed by atoms with Crippen molar-refractivity contribution in [3.05, 3.63) is 95.2 Å². The van der Waals surface area contributed by atoms with Crippen LogP contribution in [0.1, 0.15) is 66.2 Å². The number of pyridine rings is 1. The number of rotatable bonds is 13. The summed E-state index contributed by atoms with van der Waals surface area (Å²) in [6.07, 6.45) is 5.73. The van der Waals surface area contributed by atoms with Crippen LogP contribution in [-0.2, 0) is 9.59 Å². The Morgan fingerprint density at radius 1 is 0.957 bits per heavy atom. The minimum Gasteiger partial charge on any atom is -0.494 e. The van der Waals surface area contributed by atoms with Gasteiger partial charge in [0.15, 0.2) is 23.2 Å². The number of hydrogen-bond donors (Lipinski definition) is 5. The number of aromatic nitrogens is 2. The molecule has 1 aliphatic heterocycles. The fourth-order valence-electron chi connectivity index (χ4n) is 5.68. The molecule has 0 fully saturated rings. The van der Waals surface area contributed by atoms with Gasteiger partial charge in [0.2, 0.25) is 24.5 Å². The number of carbonyl (C=O) groups excluding carboxylic acids is 3. The van der Waals surface area contributed by atoms with E-state index in [0.717, 1.165) is 16.8 Å². The number of nitrogens with one attached hydrogen (secondary N) is 3. The van der Waals surface area contributed by atoms with Gasteiger partial charge < -0.3 is 30.3 Å². The van der Waals surface area contributed by atoms with Crippen LogP contribution in [0.4, 0.5) is 0 Å². The molecule has 47 heavy (non-hydrogen) atoms. The second-order valence-corrected chi connectivity index (χ2v) is 11.4. The number of ketones is 1. The highest BCUT2D eigenvalue weighted by Gasteiger charge is 2.33. The number of amides is 2. The molecule has 0 bridgehead atoms. The molecule has 2 amide bonds. The van der Waals surface area contributed by atoms with Crippen molar-refractivity contribution in [2.24, 2.45) is 5.92 Å². The summed E-state index contributed by atoms with van der Waals surface area (Å²) in [5.41, 5.74) is 3.20. The summed E-state index contributed by atoms with van der Waals surface area (Å²) in [5.74, 6) is -1.18. The molecule has 4 aromatic rings. The standard InChI is InChI=1S/C36H38N4O7/c1-4-23(5-2)33(34(43)32-21(3)35(44)40-36(32)45)39-31(42)19-27(25-13-11-24(12-14-25)26-8-6-7-17-37-26)38-30(41)16-10-22-9-15-28-29(18-22)47-20-46-28/h6-18,23,27,33,40,44-45H,4-5,19-20H2,1-3H3,(H,38,41)(H,39,42). The van der Waals surface area contributed by atoms with Crippen LogP contribution in [-0.4, -0.2) is 50.6 Å². The van der Waals surface area contributed by atoms with Gasteiger partial charge in [0.05, 0.1) is 29.8 Å². The van der Waals surface area contributed by atoms with Gasteiger partial charge in [0, 0.05) is 23.4 Å². The molecule has 0 spiro atoms. The summed E-state index contributed by atoms with van der Waals surface area (Å²) >= 11 is 0. The monoisotopic (exact) mass is 638 g/mol. The molecular weight excluding hydrogens is 600 g/mol. The Labute approximate surface area is 272 Å². The van der Waals surface area contributed by atoms with Crippen molar-refractivity contribution in [1.82, 2.24) is 20.6 Å². The van der Waals surface area contributed by atoms with Crippen LogP contribution in [0, 0.1) is 12.8 Å². The summed E-state index contributed by atoms with van der Waals surface area (Å²) in [4.78, 5) is 47.3. The predicted molar refractivity (Wildman–Crippen MR) is 176 cm³/mol. The quantitative estimate of drug-likeness (QED) is 0.0935. The first kappa shape index (κ1) is 32.8. The molecule has 1 aliphatic rings. The zero-order valence-electron chi connectivity index (χ0n) is 26.4. The zero-order valence-corrected chi connectivity index (χ0v) is 26.4. The molecule has 0 aliphatic carbocycles. The minimum atomic E-state index is -0.967. The van der Waals surface area contributed by atoms with Crippen molar-refractivity contribution in [2.75, 3.05) is 6.79 Å². The number of aromatic amines is 1. The Morgan fingerprint density at radius 3 is 2.36 bits per heavy atom. The van der Waals surface area contributed by atoms with Gasteiger partial charge in [0.25, 0.3) is 0 Å². The van der Waals surface area contributed by atoms with Crippen molar-refractivity contribution in [1.29, 1.82) is 0 Å². The molecule has 11 nitrogen and oxygen atoms in total. The van der Waals surface area contributed by atoms with Gasteiger partial charge in [-0.25, -0.2) is 0 Å². The first-order valence-corrected chi connectivity index (χ1v) is 15.5. The van der Waals surface area contributed by atoms with Crippen molar-refractivity contribution in [3.8, 4) is 34.5 Å². The largest absolute Gasteiger partial charge is 0.494 e. The van der Waals surface area contributed by atoms with E-state index in [4.69, 9.17) is 9.47 Å². The van der Waals surface area contributed by atoms with Crippen LogP contribution >= 0.6 is 0 Å². The van der Waals surface area contributed by atoms with E-state index in [2.05, 4.69) is 20.6 Å². The highest BCUT2D eigenvalue weighted by Crippen LogP contribution is 2.33. The van der Waals surface area contributed by atoms with Crippen LogP contribution in [0.2, 0.25) is 0 Å². The SMILES string of the molecule is CCC(CC)C(NC(=O)CC(NC(=O)C=Cc1ccc2c(c1)OCO2)c1ccc(-c2ccccn2)cc1)C(=O)c1c(O)[nH]c(O)c1C. The van der Waals surface area contributed by atoms with E-state index >= 15 is 0 Å². The number of Topliss-reactive ketones (excluding diaryl/α,β-unsaturated/α-hetero) is 1. The maximum Gasteiger partial charge on any atom is 0.244 e. The van der Waals surface area contributed by atoms with Gasteiger partial charge in [-0.2, -0.15) is 0 Å². The van der Waals surface area contributed by atoms with E-state index in [1.807, 2.05) is 56.3 Å². The lowest BCUT2D eigenvalue weighted by molar-refractivity contribution is -0.123. The highest BCUT2D eigenvalue weighted by atomic mass is 16.7. The van der Waals surface area contributed by atoms with Gasteiger partial charge in [-0.05, 0) is 54.3 Å². The molecule has 5 rings (SSSR count). The molecule has 0 radical (unpaired) electrons. The van der Waals surface area contributed by atoms with Crippen molar-refractivity contribution in [3.63, 3.8) is 0 Å². The van der Waals surface area contributed by atoms with Gasteiger partial charge in [-0.1, -0.05) is 63.1 Å². The number of fused-ring (bicyclic) bond motifs is 1. The predicted octanol–water partition coefficient (Wildman–Crippen LogP) is 5.59. The molecule has 3 heterocycles. The molecule has 11 heteroatoms. The lowest BCUT2D eigenvalue weighted by Gasteiger charge is -2.27. The fourth-order valence-corrected chi connectivity index (χ4v) is 5.68. The Hall–Kier alpha value is -5.58. The smallest absolute Gasteiger partial charge is 0.244 e. The van der Waals surface area contributed by atoms with Crippen LogP contribution in [0.15, 0.2) is 72.9 Å². The van der Waals surface area contributed by atoms with Crippen molar-refractivity contribution >= 4 is 23.7 Å². The Morgan fingerprint density at radius 2 is 1.70 bits per heavy atom. The fraction of sp³-hybridized carbons (Fsp3) is 0.278. The second-order valence-electron chi connectivity index (χ2n) is 11.4. The molecule has 2 atom stereocenters. The molecule has 0 saturated heterocycles. The van der Waals surface area contributed by atoms with E-state index < -0.39 is 35.6 Å². The average Bonchev–Trinajstić information content (AvgIpc) is 3.65. The third-order valence-corrected chi connectivity index (χ3v) is 8.37. The molecule has 2 aromatic carbocycles. The molecule has 5 N–H and O–H groups in total. The number of benzene rings is 2. The summed E-state index contributed by atoms with van der Waals surface area (Å²) in [6, 6.07) is 16.7. The van der Waals surface area contributed by atoms with E-state index in [9.17, 15) is 24.6 Å². The van der Waals surface area contributed by atoms with Crippen LogP contribution in [0.3, 0.4) is 0 Å². The second kappa shape index (κ2) is 14.7. The topological polar surface area (TPSA) is 163 Å². The molecule has 244 valence electrons. The maximum absolute atomic E-state index is 13.7. The minimum absolute atomic E-state index is 0.0664. The lowest BCUT2D eigenvalue weighted by atomic mass is 9.87. The number of H-pyrrole nitrogens is 1. The Balaban J connectivity index is 1.38. The Kier molecular flexibility index (Phi) is 10.2. The number of ether oxygens (including phenoxy) is 2. The normalized spacial score (nSPS) is 13.4. The van der Waals surface area contributed by atoms with E-state index in [1.54, 1.807) is 30.5 Å². The summed E-state index contributed by atoms with van der Waals surface area (Å²) in [5, 5.41) is 26.2. The van der Waals surface area contributed by atoms with Crippen molar-refractivity contribution in [2.45, 2.75) is 52.1 Å². The third-order valence-electron chi connectivity index (χ3n) is 8.37. The number of aromatic hydroxyl groups is 2. The van der Waals surface area contributed by atoms with Gasteiger partial charge in [-0.3, -0.25) is 24.4 Å². The van der Waals surface area contributed by atoms with E-state index in [1.165, 1.54) is 13.0 Å². The highest BCUT2D eigenvalue weighted by molar-refractivity contribution is 6.05. The molecule has 2 aromatic heterocycles. The number of carbonyl (C=O) groups is 3. The summed E-state index contributed by atoms with van der Waals surface area (Å²) in [6.45, 7) is 5.49. The van der Waals surface area contributed by atoms with Gasteiger partial charge in [-0.15, -0.1) is 0 Å². The van der Waals surface area contributed by atoms with E-state index in [-0.39, 0.29) is 36.1 Å². The average molecular weight is 639 g/mol. The van der Waals surface area contributed by atoms with Crippen LogP contribution < -0.4 is 20.1 Å². The third kappa shape index (κ3) is 7.63. The van der Waals surface area contributed by atoms with Gasteiger partial charge in [0.1, 0.15) is 0 Å². The van der Waals surface area contributed by atoms with Crippen LogP contribution in [0.5, 0.6) is 23.3 Å². The van der Waals surface area contributed by atoms with E-state index in [0.29, 0.717) is 29.9 Å². The number of nitrogens with zero attached hydrogens (tertiary/aromatic N) is 1. The van der Waals surface area contributed by atoms with Gasteiger partial charge >= 0.3 is 0 Å². The lowest BCUT2D eigenvalue weighted by Crippen LogP contribution is -2.47. The Bertz CT molecular complexity index is 1760. The molecule has 2 unspecified atom stereocenters. The molecule has 0 saturated carbocycles. The first-order valence-electron chi connectivity index (χ1n) is 15.5. The maximum atomic E-state index is 13.7. The van der Waals surface area contributed by atoms with Crippen molar-refractivity contribution < 1.29 is 34.1 Å². The number of hydrogen-bond acceptors (Lipinski definition) is 8. The molecular formula is C36H38N4O7. The first-order chi connectivity index (χ1) is 22.7. The summed E-state index contributed by atoms with van der Waals surface area (Å²) < 4.78 is 10.8. The zero-order chi connectivity index (χ0) is 33.5. The van der Waals surface area contributed by atoms with Crippen LogP contribution in [0.25, 0.3) is 17.3 Å².